The Bertz CT molecular complexity index is 606. The highest BCUT2D eigenvalue weighted by molar-refractivity contribution is 8.00. The number of amides is 1. The van der Waals surface area contributed by atoms with Gasteiger partial charge >= 0.3 is 5.97 Å². The second kappa shape index (κ2) is 8.26. The first kappa shape index (κ1) is 18.3. The first-order chi connectivity index (χ1) is 12.2. The maximum atomic E-state index is 13.2. The molecule has 1 saturated heterocycles. The summed E-state index contributed by atoms with van der Waals surface area (Å²) in [6.45, 7) is 4.53. The van der Waals surface area contributed by atoms with Gasteiger partial charge in [-0.1, -0.05) is 50.6 Å². The molecule has 0 N–H and O–H groups in total. The Morgan fingerprint density at radius 2 is 1.96 bits per heavy atom. The van der Waals surface area contributed by atoms with Crippen LogP contribution < -0.4 is 0 Å². The van der Waals surface area contributed by atoms with Gasteiger partial charge in [0.25, 0.3) is 0 Å². The van der Waals surface area contributed by atoms with E-state index >= 15 is 0 Å². The van der Waals surface area contributed by atoms with Crippen LogP contribution in [0.1, 0.15) is 51.0 Å². The highest BCUT2D eigenvalue weighted by Crippen LogP contribution is 2.50. The number of benzene rings is 1. The summed E-state index contributed by atoms with van der Waals surface area (Å²) in [6.07, 6.45) is 3.62. The minimum absolute atomic E-state index is 0.0157. The molecule has 0 radical (unpaired) electrons. The van der Waals surface area contributed by atoms with Gasteiger partial charge in [-0.2, -0.15) is 0 Å². The second-order valence-electron chi connectivity index (χ2n) is 6.86. The molecule has 4 nitrogen and oxygen atoms in total. The molecule has 2 aliphatic rings. The molecule has 1 aromatic carbocycles. The Kier molecular flexibility index (Phi) is 6.05. The number of carbonyl (C=O) groups excluding carboxylic acids is 2. The van der Waals surface area contributed by atoms with E-state index < -0.39 is 6.04 Å². The van der Waals surface area contributed by atoms with Crippen LogP contribution in [0.2, 0.25) is 0 Å². The zero-order chi connectivity index (χ0) is 17.8. The number of esters is 1. The quantitative estimate of drug-likeness (QED) is 0.693. The lowest BCUT2D eigenvalue weighted by Gasteiger charge is -2.28. The fourth-order valence-electron chi connectivity index (χ4n) is 3.54. The summed E-state index contributed by atoms with van der Waals surface area (Å²) in [5, 5.41) is 0.105. The highest BCUT2D eigenvalue weighted by Gasteiger charge is 2.51. The van der Waals surface area contributed by atoms with Gasteiger partial charge in [0.15, 0.2) is 0 Å². The van der Waals surface area contributed by atoms with E-state index in [1.165, 1.54) is 5.56 Å². The zero-order valence-corrected chi connectivity index (χ0v) is 15.8. The van der Waals surface area contributed by atoms with E-state index in [1.54, 1.807) is 11.8 Å². The zero-order valence-electron chi connectivity index (χ0n) is 15.0. The van der Waals surface area contributed by atoms with E-state index in [0.29, 0.717) is 18.3 Å². The summed E-state index contributed by atoms with van der Waals surface area (Å²) in [6, 6.07) is 9.80. The molecule has 0 bridgehead atoms. The van der Waals surface area contributed by atoms with Crippen molar-refractivity contribution < 1.29 is 14.3 Å². The molecule has 2 fully saturated rings. The molecule has 5 heteroatoms. The van der Waals surface area contributed by atoms with Crippen LogP contribution in [0.5, 0.6) is 0 Å². The van der Waals surface area contributed by atoms with Crippen molar-refractivity contribution in [1.82, 2.24) is 4.90 Å². The lowest BCUT2D eigenvalue weighted by Crippen LogP contribution is -2.47. The molecule has 1 amide bonds. The van der Waals surface area contributed by atoms with Crippen molar-refractivity contribution in [3.8, 4) is 0 Å². The van der Waals surface area contributed by atoms with E-state index in [2.05, 4.69) is 19.1 Å². The van der Waals surface area contributed by atoms with Crippen LogP contribution in [0.3, 0.4) is 0 Å². The number of hydrogen-bond donors (Lipinski definition) is 0. The Balaban J connectivity index is 1.71. The van der Waals surface area contributed by atoms with Gasteiger partial charge in [-0.15, -0.1) is 11.8 Å². The maximum Gasteiger partial charge on any atom is 0.329 e. The molecule has 25 heavy (non-hydrogen) atoms. The van der Waals surface area contributed by atoms with Crippen molar-refractivity contribution in [3.63, 3.8) is 0 Å². The van der Waals surface area contributed by atoms with Crippen LogP contribution in [0, 0.1) is 5.92 Å². The SMILES string of the molecule is CCCOC(=O)[C@@H]1CS[C@H](CCC)N1C(=O)[C@@H]1C[C@H]1c1ccccc1. The predicted octanol–water partition coefficient (Wildman–Crippen LogP) is 3.81. The lowest BCUT2D eigenvalue weighted by atomic mass is 10.1. The van der Waals surface area contributed by atoms with Gasteiger partial charge in [0.2, 0.25) is 5.91 Å². The lowest BCUT2D eigenvalue weighted by molar-refractivity contribution is -0.154. The second-order valence-corrected chi connectivity index (χ2v) is 8.08. The van der Waals surface area contributed by atoms with Crippen molar-refractivity contribution in [2.24, 2.45) is 5.92 Å². The minimum Gasteiger partial charge on any atom is -0.464 e. The molecule has 3 rings (SSSR count). The van der Waals surface area contributed by atoms with Gasteiger partial charge in [0.05, 0.1) is 12.0 Å². The molecule has 1 aliphatic carbocycles. The molecular formula is C20H27NO3S. The number of rotatable bonds is 7. The average molecular weight is 362 g/mol. The minimum atomic E-state index is -0.419. The van der Waals surface area contributed by atoms with Crippen LogP contribution in [-0.4, -0.2) is 40.6 Å². The van der Waals surface area contributed by atoms with E-state index in [1.807, 2.05) is 30.0 Å². The molecule has 1 aromatic rings. The largest absolute Gasteiger partial charge is 0.464 e. The van der Waals surface area contributed by atoms with E-state index in [0.717, 1.165) is 25.7 Å². The highest BCUT2D eigenvalue weighted by atomic mass is 32.2. The standard InChI is InChI=1S/C20H27NO3S/c1-3-8-18-21(17(13-25-18)20(23)24-11-4-2)19(22)16-12-15(16)14-9-6-5-7-10-14/h5-7,9-10,15-18H,3-4,8,11-13H2,1-2H3/t15-,16+,17-,18+/m0/s1. The first-order valence-electron chi connectivity index (χ1n) is 9.32. The third-order valence-electron chi connectivity index (χ3n) is 4.94. The van der Waals surface area contributed by atoms with E-state index in [9.17, 15) is 9.59 Å². The third kappa shape index (κ3) is 4.02. The molecule has 136 valence electrons. The monoisotopic (exact) mass is 361 g/mol. The van der Waals surface area contributed by atoms with Gasteiger partial charge in [-0.3, -0.25) is 4.79 Å². The van der Waals surface area contributed by atoms with Crippen LogP contribution in [0.25, 0.3) is 0 Å². The number of thioether (sulfide) groups is 1. The van der Waals surface area contributed by atoms with Crippen LogP contribution in [0.15, 0.2) is 30.3 Å². The number of ether oxygens (including phenoxy) is 1. The summed E-state index contributed by atoms with van der Waals surface area (Å²) in [5.74, 6) is 0.867. The summed E-state index contributed by atoms with van der Waals surface area (Å²) >= 11 is 1.72. The van der Waals surface area contributed by atoms with Crippen LogP contribution >= 0.6 is 11.8 Å². The molecule has 1 heterocycles. The summed E-state index contributed by atoms with van der Waals surface area (Å²) in [4.78, 5) is 27.5. The Morgan fingerprint density at radius 3 is 2.64 bits per heavy atom. The Morgan fingerprint density at radius 1 is 1.20 bits per heavy atom. The van der Waals surface area contributed by atoms with Crippen LogP contribution in [0.4, 0.5) is 0 Å². The molecule has 0 unspecified atom stereocenters. The van der Waals surface area contributed by atoms with Crippen molar-refractivity contribution in [1.29, 1.82) is 0 Å². The van der Waals surface area contributed by atoms with Crippen molar-refractivity contribution in [2.75, 3.05) is 12.4 Å². The molecule has 0 aromatic heterocycles. The molecular weight excluding hydrogens is 334 g/mol. The van der Waals surface area contributed by atoms with Gasteiger partial charge < -0.3 is 9.64 Å². The molecule has 4 atom stereocenters. The van der Waals surface area contributed by atoms with E-state index in [-0.39, 0.29) is 23.2 Å². The fourth-order valence-corrected chi connectivity index (χ4v) is 5.05. The van der Waals surface area contributed by atoms with Crippen molar-refractivity contribution in [3.05, 3.63) is 35.9 Å². The number of nitrogens with zero attached hydrogens (tertiary/aromatic N) is 1. The van der Waals surface area contributed by atoms with Gasteiger partial charge in [0, 0.05) is 11.7 Å². The summed E-state index contributed by atoms with van der Waals surface area (Å²) in [5.41, 5.74) is 1.23. The Hall–Kier alpha value is -1.49. The summed E-state index contributed by atoms with van der Waals surface area (Å²) in [7, 11) is 0. The van der Waals surface area contributed by atoms with Crippen molar-refractivity contribution in [2.45, 2.75) is 56.9 Å². The van der Waals surface area contributed by atoms with Gasteiger partial charge in [0.1, 0.15) is 6.04 Å². The summed E-state index contributed by atoms with van der Waals surface area (Å²) < 4.78 is 5.35. The first-order valence-corrected chi connectivity index (χ1v) is 10.4. The van der Waals surface area contributed by atoms with E-state index in [4.69, 9.17) is 4.74 Å². The number of hydrogen-bond acceptors (Lipinski definition) is 4. The average Bonchev–Trinajstić information content (AvgIpc) is 3.33. The normalized spacial score (nSPS) is 28.0. The predicted molar refractivity (Wildman–Crippen MR) is 100 cm³/mol. The molecule has 1 aliphatic heterocycles. The topological polar surface area (TPSA) is 46.6 Å². The van der Waals surface area contributed by atoms with Crippen molar-refractivity contribution >= 4 is 23.6 Å². The fraction of sp³-hybridized carbons (Fsp3) is 0.600. The van der Waals surface area contributed by atoms with Crippen LogP contribution in [-0.2, 0) is 14.3 Å². The number of carbonyl (C=O) groups is 2. The maximum absolute atomic E-state index is 13.2. The van der Waals surface area contributed by atoms with Gasteiger partial charge in [-0.05, 0) is 30.7 Å². The Labute approximate surface area is 154 Å². The van der Waals surface area contributed by atoms with Gasteiger partial charge in [-0.25, -0.2) is 4.79 Å². The molecule has 1 saturated carbocycles. The molecule has 0 spiro atoms. The third-order valence-corrected chi connectivity index (χ3v) is 6.29. The smallest absolute Gasteiger partial charge is 0.329 e.